The third kappa shape index (κ3) is 1.94. The molecule has 1 heterocycles. The Morgan fingerprint density at radius 1 is 1.67 bits per heavy atom. The van der Waals surface area contributed by atoms with Crippen LogP contribution in [0.15, 0.2) is 6.20 Å². The number of hydrogen-bond donors (Lipinski definition) is 1. The van der Waals surface area contributed by atoms with Crippen molar-refractivity contribution in [2.24, 2.45) is 0 Å². The maximum atomic E-state index is 5.61. The molecule has 0 bridgehead atoms. The standard InChI is InChI=1S/C8H15N3S/c1-6(2)11-4-7(9)10-8(11)5-12-3/h4,6H,5,9H2,1-3H3. The zero-order valence-corrected chi connectivity index (χ0v) is 8.56. The topological polar surface area (TPSA) is 43.8 Å². The summed E-state index contributed by atoms with van der Waals surface area (Å²) in [5.41, 5.74) is 5.61. The van der Waals surface area contributed by atoms with Crippen LogP contribution >= 0.6 is 11.8 Å². The minimum Gasteiger partial charge on any atom is -0.382 e. The Hall–Kier alpha value is -0.640. The van der Waals surface area contributed by atoms with E-state index in [4.69, 9.17) is 5.73 Å². The zero-order chi connectivity index (χ0) is 9.14. The number of nitrogens with zero attached hydrogens (tertiary/aromatic N) is 2. The quantitative estimate of drug-likeness (QED) is 0.782. The highest BCUT2D eigenvalue weighted by Crippen LogP contribution is 2.15. The second kappa shape index (κ2) is 3.85. The van der Waals surface area contributed by atoms with Gasteiger partial charge in [0.25, 0.3) is 0 Å². The first kappa shape index (κ1) is 9.45. The monoisotopic (exact) mass is 185 g/mol. The van der Waals surface area contributed by atoms with Crippen molar-refractivity contribution in [1.82, 2.24) is 9.55 Å². The molecule has 0 aromatic carbocycles. The number of aromatic nitrogens is 2. The molecular weight excluding hydrogens is 170 g/mol. The molecule has 68 valence electrons. The summed E-state index contributed by atoms with van der Waals surface area (Å²) in [4.78, 5) is 4.24. The van der Waals surface area contributed by atoms with E-state index in [1.807, 2.05) is 6.20 Å². The van der Waals surface area contributed by atoms with Crippen molar-refractivity contribution in [3.05, 3.63) is 12.0 Å². The lowest BCUT2D eigenvalue weighted by Gasteiger charge is -2.09. The lowest BCUT2D eigenvalue weighted by Crippen LogP contribution is -2.03. The van der Waals surface area contributed by atoms with E-state index in [-0.39, 0.29) is 0 Å². The fraction of sp³-hybridized carbons (Fsp3) is 0.625. The smallest absolute Gasteiger partial charge is 0.141 e. The van der Waals surface area contributed by atoms with Gasteiger partial charge in [-0.05, 0) is 20.1 Å². The number of nitrogen functional groups attached to an aromatic ring is 1. The van der Waals surface area contributed by atoms with Gasteiger partial charge in [0.2, 0.25) is 0 Å². The second-order valence-electron chi connectivity index (χ2n) is 3.02. The van der Waals surface area contributed by atoms with Gasteiger partial charge < -0.3 is 10.3 Å². The minimum atomic E-state index is 0.442. The molecule has 0 unspecified atom stereocenters. The third-order valence-corrected chi connectivity index (χ3v) is 2.20. The van der Waals surface area contributed by atoms with Crippen LogP contribution in [-0.2, 0) is 5.75 Å². The predicted molar refractivity (Wildman–Crippen MR) is 54.2 cm³/mol. The highest BCUT2D eigenvalue weighted by molar-refractivity contribution is 7.97. The molecule has 1 aromatic rings. The van der Waals surface area contributed by atoms with Gasteiger partial charge in [-0.15, -0.1) is 0 Å². The van der Waals surface area contributed by atoms with Gasteiger partial charge in [0.05, 0.1) is 5.75 Å². The van der Waals surface area contributed by atoms with Crippen molar-refractivity contribution in [2.45, 2.75) is 25.6 Å². The van der Waals surface area contributed by atoms with Gasteiger partial charge in [-0.25, -0.2) is 4.98 Å². The van der Waals surface area contributed by atoms with E-state index in [1.54, 1.807) is 11.8 Å². The van der Waals surface area contributed by atoms with E-state index in [0.29, 0.717) is 11.9 Å². The van der Waals surface area contributed by atoms with Crippen molar-refractivity contribution in [1.29, 1.82) is 0 Å². The fourth-order valence-corrected chi connectivity index (χ4v) is 1.61. The van der Waals surface area contributed by atoms with Gasteiger partial charge in [-0.3, -0.25) is 0 Å². The van der Waals surface area contributed by atoms with E-state index in [0.717, 1.165) is 11.6 Å². The number of imidazole rings is 1. The molecule has 4 heteroatoms. The van der Waals surface area contributed by atoms with Crippen LogP contribution in [0.1, 0.15) is 25.7 Å². The Kier molecular flexibility index (Phi) is 3.03. The van der Waals surface area contributed by atoms with E-state index >= 15 is 0 Å². The summed E-state index contributed by atoms with van der Waals surface area (Å²) in [6, 6.07) is 0.442. The number of rotatable bonds is 3. The van der Waals surface area contributed by atoms with Gasteiger partial charge in [-0.2, -0.15) is 11.8 Å². The lowest BCUT2D eigenvalue weighted by atomic mass is 10.4. The molecule has 0 saturated carbocycles. The summed E-state index contributed by atoms with van der Waals surface area (Å²) in [6.07, 6.45) is 3.96. The number of nitrogens with two attached hydrogens (primary N) is 1. The average molecular weight is 185 g/mol. The Labute approximate surface area is 77.4 Å². The van der Waals surface area contributed by atoms with E-state index < -0.39 is 0 Å². The van der Waals surface area contributed by atoms with Crippen molar-refractivity contribution in [3.8, 4) is 0 Å². The van der Waals surface area contributed by atoms with Crippen molar-refractivity contribution < 1.29 is 0 Å². The molecule has 0 aliphatic heterocycles. The van der Waals surface area contributed by atoms with Crippen LogP contribution in [0.5, 0.6) is 0 Å². The maximum absolute atomic E-state index is 5.61. The summed E-state index contributed by atoms with van der Waals surface area (Å²) >= 11 is 1.76. The third-order valence-electron chi connectivity index (χ3n) is 1.66. The zero-order valence-electron chi connectivity index (χ0n) is 7.74. The summed E-state index contributed by atoms with van der Waals surface area (Å²) < 4.78 is 2.12. The maximum Gasteiger partial charge on any atom is 0.141 e. The molecule has 0 amide bonds. The molecule has 0 atom stereocenters. The van der Waals surface area contributed by atoms with E-state index in [9.17, 15) is 0 Å². The fourth-order valence-electron chi connectivity index (χ4n) is 1.14. The molecular formula is C8H15N3S. The molecule has 3 nitrogen and oxygen atoms in total. The molecule has 0 saturated heterocycles. The van der Waals surface area contributed by atoms with Crippen molar-refractivity contribution >= 4 is 17.6 Å². The molecule has 0 spiro atoms. The SMILES string of the molecule is CSCc1nc(N)cn1C(C)C. The molecule has 1 aromatic heterocycles. The summed E-state index contributed by atoms with van der Waals surface area (Å²) in [5, 5.41) is 0. The number of thioether (sulfide) groups is 1. The van der Waals surface area contributed by atoms with Gasteiger partial charge in [0.15, 0.2) is 0 Å². The van der Waals surface area contributed by atoms with Crippen LogP contribution in [0.2, 0.25) is 0 Å². The van der Waals surface area contributed by atoms with Gasteiger partial charge in [0.1, 0.15) is 11.6 Å². The predicted octanol–water partition coefficient (Wildman–Crippen LogP) is 1.91. The summed E-state index contributed by atoms with van der Waals surface area (Å²) in [5.74, 6) is 2.61. The second-order valence-corrected chi connectivity index (χ2v) is 3.88. The van der Waals surface area contributed by atoms with Gasteiger partial charge in [-0.1, -0.05) is 0 Å². The molecule has 0 aliphatic rings. The van der Waals surface area contributed by atoms with Crippen LogP contribution in [0.4, 0.5) is 5.82 Å². The van der Waals surface area contributed by atoms with Crippen LogP contribution in [-0.4, -0.2) is 15.8 Å². The minimum absolute atomic E-state index is 0.442. The first-order valence-corrected chi connectivity index (χ1v) is 5.36. The first-order valence-electron chi connectivity index (χ1n) is 3.97. The first-order chi connectivity index (χ1) is 5.65. The van der Waals surface area contributed by atoms with E-state index in [2.05, 4.69) is 29.7 Å². The Bertz CT molecular complexity index is 255. The van der Waals surface area contributed by atoms with Crippen LogP contribution < -0.4 is 5.73 Å². The number of hydrogen-bond acceptors (Lipinski definition) is 3. The highest BCUT2D eigenvalue weighted by Gasteiger charge is 2.07. The lowest BCUT2D eigenvalue weighted by molar-refractivity contribution is 0.580. The molecule has 0 aliphatic carbocycles. The van der Waals surface area contributed by atoms with Gasteiger partial charge in [0, 0.05) is 12.2 Å². The van der Waals surface area contributed by atoms with Crippen molar-refractivity contribution in [2.75, 3.05) is 12.0 Å². The summed E-state index contributed by atoms with van der Waals surface area (Å²) in [6.45, 7) is 4.26. The highest BCUT2D eigenvalue weighted by atomic mass is 32.2. The molecule has 0 fully saturated rings. The Morgan fingerprint density at radius 2 is 2.33 bits per heavy atom. The van der Waals surface area contributed by atoms with Crippen molar-refractivity contribution in [3.63, 3.8) is 0 Å². The number of anilines is 1. The molecule has 1 rings (SSSR count). The largest absolute Gasteiger partial charge is 0.382 e. The normalized spacial score (nSPS) is 11.0. The summed E-state index contributed by atoms with van der Waals surface area (Å²) in [7, 11) is 0. The van der Waals surface area contributed by atoms with Crippen LogP contribution in [0.3, 0.4) is 0 Å². The van der Waals surface area contributed by atoms with Crippen LogP contribution in [0.25, 0.3) is 0 Å². The van der Waals surface area contributed by atoms with Gasteiger partial charge >= 0.3 is 0 Å². The molecule has 2 N–H and O–H groups in total. The molecule has 12 heavy (non-hydrogen) atoms. The molecule has 0 radical (unpaired) electrons. The van der Waals surface area contributed by atoms with Crippen LogP contribution in [0, 0.1) is 0 Å². The average Bonchev–Trinajstić information content (AvgIpc) is 2.32. The van der Waals surface area contributed by atoms with E-state index in [1.165, 1.54) is 0 Å². The Morgan fingerprint density at radius 3 is 2.83 bits per heavy atom. The Balaban J connectivity index is 2.92.